The fourth-order valence-corrected chi connectivity index (χ4v) is 2.14. The second kappa shape index (κ2) is 7.40. The van der Waals surface area contributed by atoms with Crippen molar-refractivity contribution in [2.45, 2.75) is 32.0 Å². The van der Waals surface area contributed by atoms with Gasteiger partial charge in [0.25, 0.3) is 5.22 Å². The highest BCUT2D eigenvalue weighted by Gasteiger charge is 2.14. The lowest BCUT2D eigenvalue weighted by Crippen LogP contribution is -2.37. The summed E-state index contributed by atoms with van der Waals surface area (Å²) in [5.74, 6) is 0.490. The van der Waals surface area contributed by atoms with Gasteiger partial charge in [-0.15, -0.1) is 10.2 Å². The number of aromatic nitrogens is 2. The third kappa shape index (κ3) is 4.56. The van der Waals surface area contributed by atoms with Gasteiger partial charge in [0.2, 0.25) is 11.8 Å². The summed E-state index contributed by atoms with van der Waals surface area (Å²) in [5, 5.41) is 11.0. The molecule has 0 spiro atoms. The number of rotatable bonds is 6. The Bertz CT molecular complexity index is 628. The predicted molar refractivity (Wildman–Crippen MR) is 82.9 cm³/mol. The zero-order valence-electron chi connectivity index (χ0n) is 12.7. The maximum Gasteiger partial charge on any atom is 0.277 e. The van der Waals surface area contributed by atoms with E-state index in [0.29, 0.717) is 22.6 Å². The molecule has 0 aliphatic carbocycles. The van der Waals surface area contributed by atoms with Gasteiger partial charge in [-0.25, -0.2) is 4.39 Å². The van der Waals surface area contributed by atoms with Crippen LogP contribution in [0.4, 0.5) is 4.39 Å². The average molecular weight is 323 g/mol. The molecule has 0 bridgehead atoms. The number of thioether (sulfide) groups is 1. The van der Waals surface area contributed by atoms with E-state index < -0.39 is 0 Å². The quantitative estimate of drug-likeness (QED) is 0.827. The van der Waals surface area contributed by atoms with Gasteiger partial charge in [0, 0.05) is 11.6 Å². The van der Waals surface area contributed by atoms with Gasteiger partial charge in [-0.2, -0.15) is 0 Å². The van der Waals surface area contributed by atoms with Gasteiger partial charge in [0.1, 0.15) is 5.82 Å². The number of halogens is 1. The molecule has 5 nitrogen and oxygen atoms in total. The van der Waals surface area contributed by atoms with Crippen molar-refractivity contribution in [3.05, 3.63) is 30.1 Å². The molecule has 0 saturated carbocycles. The first kappa shape index (κ1) is 16.5. The number of nitrogens with zero attached hydrogens (tertiary/aromatic N) is 2. The number of carbonyl (C=O) groups is 1. The number of hydrogen-bond acceptors (Lipinski definition) is 5. The maximum atomic E-state index is 12.9. The summed E-state index contributed by atoms with van der Waals surface area (Å²) in [7, 11) is 0. The minimum absolute atomic E-state index is 0.0762. The first-order valence-electron chi connectivity index (χ1n) is 6.97. The summed E-state index contributed by atoms with van der Waals surface area (Å²) in [6.45, 7) is 6.06. The molecular weight excluding hydrogens is 305 g/mol. The molecule has 22 heavy (non-hydrogen) atoms. The Morgan fingerprint density at radius 1 is 1.27 bits per heavy atom. The van der Waals surface area contributed by atoms with E-state index in [0.717, 1.165) is 0 Å². The summed E-state index contributed by atoms with van der Waals surface area (Å²) in [6.07, 6.45) is 0. The molecule has 1 heterocycles. The van der Waals surface area contributed by atoms with E-state index in [9.17, 15) is 9.18 Å². The maximum absolute atomic E-state index is 12.9. The van der Waals surface area contributed by atoms with E-state index in [1.54, 1.807) is 12.1 Å². The monoisotopic (exact) mass is 323 g/mol. The molecule has 118 valence electrons. The Kier molecular flexibility index (Phi) is 5.54. The molecule has 2 aromatic rings. The van der Waals surface area contributed by atoms with Crippen molar-refractivity contribution in [1.29, 1.82) is 0 Å². The van der Waals surface area contributed by atoms with Crippen LogP contribution >= 0.6 is 11.8 Å². The SMILES string of the molecule is CC(C)[C@H](C)NC(=O)CSc1nnc(-c2ccc(F)cc2)o1. The van der Waals surface area contributed by atoms with Crippen LogP contribution in [0.25, 0.3) is 11.5 Å². The minimum atomic E-state index is -0.325. The third-order valence-corrected chi connectivity index (χ3v) is 4.03. The highest BCUT2D eigenvalue weighted by atomic mass is 32.2. The van der Waals surface area contributed by atoms with Crippen molar-refractivity contribution in [1.82, 2.24) is 15.5 Å². The van der Waals surface area contributed by atoms with Gasteiger partial charge in [-0.1, -0.05) is 25.6 Å². The zero-order chi connectivity index (χ0) is 16.1. The average Bonchev–Trinajstić information content (AvgIpc) is 2.94. The van der Waals surface area contributed by atoms with Crippen LogP contribution in [-0.2, 0) is 4.79 Å². The lowest BCUT2D eigenvalue weighted by molar-refractivity contribution is -0.119. The highest BCUT2D eigenvalue weighted by molar-refractivity contribution is 7.99. The zero-order valence-corrected chi connectivity index (χ0v) is 13.5. The summed E-state index contributed by atoms with van der Waals surface area (Å²) >= 11 is 1.17. The van der Waals surface area contributed by atoms with Crippen LogP contribution in [0.3, 0.4) is 0 Å². The van der Waals surface area contributed by atoms with E-state index in [4.69, 9.17) is 4.42 Å². The standard InChI is InChI=1S/C15H18FN3O2S/c1-9(2)10(3)17-13(20)8-22-15-19-18-14(21-15)11-4-6-12(16)7-5-11/h4-7,9-10H,8H2,1-3H3,(H,17,20)/t10-/m0/s1. The van der Waals surface area contributed by atoms with Gasteiger partial charge in [0.05, 0.1) is 5.75 Å². The van der Waals surface area contributed by atoms with Crippen molar-refractivity contribution < 1.29 is 13.6 Å². The summed E-state index contributed by atoms with van der Waals surface area (Å²) < 4.78 is 18.3. The summed E-state index contributed by atoms with van der Waals surface area (Å²) in [6, 6.07) is 5.90. The lowest BCUT2D eigenvalue weighted by Gasteiger charge is -2.16. The molecule has 0 unspecified atom stereocenters. The fraction of sp³-hybridized carbons (Fsp3) is 0.400. The van der Waals surface area contributed by atoms with Crippen LogP contribution in [0.2, 0.25) is 0 Å². The molecule has 1 aromatic heterocycles. The van der Waals surface area contributed by atoms with E-state index >= 15 is 0 Å². The third-order valence-electron chi connectivity index (χ3n) is 3.21. The topological polar surface area (TPSA) is 68.0 Å². The van der Waals surface area contributed by atoms with Crippen molar-refractivity contribution in [3.8, 4) is 11.5 Å². The van der Waals surface area contributed by atoms with E-state index in [1.807, 2.05) is 20.8 Å². The molecule has 0 aliphatic rings. The van der Waals surface area contributed by atoms with Crippen molar-refractivity contribution >= 4 is 17.7 Å². The Morgan fingerprint density at radius 2 is 1.95 bits per heavy atom. The molecule has 2 rings (SSSR count). The van der Waals surface area contributed by atoms with Crippen LogP contribution < -0.4 is 5.32 Å². The Hall–Kier alpha value is -1.89. The Balaban J connectivity index is 1.90. The number of benzene rings is 1. The first-order valence-corrected chi connectivity index (χ1v) is 7.96. The van der Waals surface area contributed by atoms with Gasteiger partial charge < -0.3 is 9.73 Å². The van der Waals surface area contributed by atoms with Crippen LogP contribution in [0.15, 0.2) is 33.9 Å². The van der Waals surface area contributed by atoms with Gasteiger partial charge >= 0.3 is 0 Å². The van der Waals surface area contributed by atoms with Crippen molar-refractivity contribution in [3.63, 3.8) is 0 Å². The predicted octanol–water partition coefficient (Wildman–Crippen LogP) is 3.13. The fourth-order valence-electron chi connectivity index (χ4n) is 1.57. The van der Waals surface area contributed by atoms with Crippen molar-refractivity contribution in [2.75, 3.05) is 5.75 Å². The molecule has 1 N–H and O–H groups in total. The molecule has 0 saturated heterocycles. The molecular formula is C15H18FN3O2S. The first-order chi connectivity index (χ1) is 10.5. The second-order valence-corrected chi connectivity index (χ2v) is 6.20. The van der Waals surface area contributed by atoms with Crippen LogP contribution in [0.1, 0.15) is 20.8 Å². The molecule has 1 atom stereocenters. The summed E-state index contributed by atoms with van der Waals surface area (Å²) in [4.78, 5) is 11.8. The van der Waals surface area contributed by atoms with Crippen molar-refractivity contribution in [2.24, 2.45) is 5.92 Å². The second-order valence-electron chi connectivity index (χ2n) is 5.27. The highest BCUT2D eigenvalue weighted by Crippen LogP contribution is 2.23. The molecule has 0 radical (unpaired) electrons. The molecule has 1 aromatic carbocycles. The number of hydrogen-bond donors (Lipinski definition) is 1. The van der Waals surface area contributed by atoms with E-state index in [1.165, 1.54) is 23.9 Å². The minimum Gasteiger partial charge on any atom is -0.411 e. The van der Waals surface area contributed by atoms with Crippen LogP contribution in [0, 0.1) is 11.7 Å². The lowest BCUT2D eigenvalue weighted by atomic mass is 10.1. The smallest absolute Gasteiger partial charge is 0.277 e. The number of amides is 1. The summed E-state index contributed by atoms with van der Waals surface area (Å²) in [5.41, 5.74) is 0.638. The number of nitrogens with one attached hydrogen (secondary N) is 1. The van der Waals surface area contributed by atoms with Gasteiger partial charge in [0.15, 0.2) is 0 Å². The van der Waals surface area contributed by atoms with Crippen LogP contribution in [0.5, 0.6) is 0 Å². The Labute approximate surface area is 132 Å². The molecule has 7 heteroatoms. The number of carbonyl (C=O) groups excluding carboxylic acids is 1. The molecule has 0 fully saturated rings. The van der Waals surface area contributed by atoms with E-state index in [-0.39, 0.29) is 23.5 Å². The molecule has 0 aliphatic heterocycles. The van der Waals surface area contributed by atoms with Crippen LogP contribution in [-0.4, -0.2) is 27.9 Å². The Morgan fingerprint density at radius 3 is 2.59 bits per heavy atom. The van der Waals surface area contributed by atoms with Gasteiger partial charge in [-0.3, -0.25) is 4.79 Å². The molecule has 1 amide bonds. The normalized spacial score (nSPS) is 12.4. The van der Waals surface area contributed by atoms with E-state index in [2.05, 4.69) is 15.5 Å². The largest absolute Gasteiger partial charge is 0.411 e. The van der Waals surface area contributed by atoms with Gasteiger partial charge in [-0.05, 0) is 37.1 Å².